The fourth-order valence-electron chi connectivity index (χ4n) is 1.11. The highest BCUT2D eigenvalue weighted by atomic mass is 16.7. The molecule has 1 unspecified atom stereocenters. The van der Waals surface area contributed by atoms with Gasteiger partial charge in [-0.15, -0.1) is 0 Å². The Labute approximate surface area is 56.2 Å². The maximum atomic E-state index is 5.44. The lowest BCUT2D eigenvalue weighted by atomic mass is 10.3. The topological polar surface area (TPSA) is 18.5 Å². The Hall–Kier alpha value is -0.0800. The van der Waals surface area contributed by atoms with Crippen LogP contribution in [0.2, 0.25) is 0 Å². The summed E-state index contributed by atoms with van der Waals surface area (Å²) >= 11 is 0. The van der Waals surface area contributed by atoms with Gasteiger partial charge in [0.15, 0.2) is 5.79 Å². The van der Waals surface area contributed by atoms with Gasteiger partial charge in [-0.25, -0.2) is 0 Å². The monoisotopic (exact) mass is 130 g/mol. The molecule has 0 saturated carbocycles. The predicted molar refractivity (Wildman–Crippen MR) is 35.2 cm³/mol. The molecule has 0 aliphatic carbocycles. The summed E-state index contributed by atoms with van der Waals surface area (Å²) < 4.78 is 10.9. The largest absolute Gasteiger partial charge is 0.345 e. The third kappa shape index (κ3) is 1.43. The molecule has 2 heteroatoms. The molecular weight excluding hydrogens is 116 g/mol. The molecule has 1 fully saturated rings. The molecule has 54 valence electrons. The first-order valence-electron chi connectivity index (χ1n) is 3.37. The van der Waals surface area contributed by atoms with Crippen LogP contribution in [0, 0.1) is 0 Å². The van der Waals surface area contributed by atoms with E-state index in [1.165, 1.54) is 0 Å². The van der Waals surface area contributed by atoms with Crippen molar-refractivity contribution >= 4 is 0 Å². The van der Waals surface area contributed by atoms with Crippen LogP contribution in [0.4, 0.5) is 0 Å². The zero-order chi connectivity index (χ0) is 7.07. The van der Waals surface area contributed by atoms with Crippen LogP contribution in [0.25, 0.3) is 0 Å². The van der Waals surface area contributed by atoms with Gasteiger partial charge in [0.2, 0.25) is 0 Å². The molecule has 1 rings (SSSR count). The van der Waals surface area contributed by atoms with Crippen molar-refractivity contribution in [2.45, 2.75) is 45.7 Å². The van der Waals surface area contributed by atoms with Crippen molar-refractivity contribution < 1.29 is 9.47 Å². The number of ether oxygens (including phenoxy) is 2. The Morgan fingerprint density at radius 2 is 1.33 bits per heavy atom. The van der Waals surface area contributed by atoms with Crippen molar-refractivity contribution in [1.29, 1.82) is 0 Å². The summed E-state index contributed by atoms with van der Waals surface area (Å²) in [5.41, 5.74) is 0. The van der Waals surface area contributed by atoms with E-state index in [1.54, 1.807) is 0 Å². The average molecular weight is 130 g/mol. The van der Waals surface area contributed by atoms with Gasteiger partial charge in [-0.05, 0) is 27.7 Å². The first-order chi connectivity index (χ1) is 4.01. The maximum Gasteiger partial charge on any atom is 0.163 e. The minimum atomic E-state index is -0.362. The van der Waals surface area contributed by atoms with Gasteiger partial charge in [0.25, 0.3) is 0 Å². The van der Waals surface area contributed by atoms with Crippen molar-refractivity contribution in [2.24, 2.45) is 0 Å². The molecule has 2 atom stereocenters. The van der Waals surface area contributed by atoms with E-state index < -0.39 is 0 Å². The quantitative estimate of drug-likeness (QED) is 0.495. The summed E-state index contributed by atoms with van der Waals surface area (Å²) in [7, 11) is 0. The van der Waals surface area contributed by atoms with Gasteiger partial charge < -0.3 is 9.47 Å². The second kappa shape index (κ2) is 1.96. The highest BCUT2D eigenvalue weighted by molar-refractivity contribution is 4.73. The van der Waals surface area contributed by atoms with Crippen LogP contribution in [0.1, 0.15) is 27.7 Å². The van der Waals surface area contributed by atoms with E-state index in [0.29, 0.717) is 0 Å². The Balaban J connectivity index is 2.54. The van der Waals surface area contributed by atoms with Gasteiger partial charge >= 0.3 is 0 Å². The maximum absolute atomic E-state index is 5.44. The van der Waals surface area contributed by atoms with Gasteiger partial charge in [-0.1, -0.05) is 0 Å². The first kappa shape index (κ1) is 7.03. The Morgan fingerprint density at radius 3 is 1.44 bits per heavy atom. The molecule has 1 saturated heterocycles. The van der Waals surface area contributed by atoms with Crippen molar-refractivity contribution in [3.63, 3.8) is 0 Å². The Morgan fingerprint density at radius 1 is 1.00 bits per heavy atom. The minimum absolute atomic E-state index is 0.236. The van der Waals surface area contributed by atoms with Crippen LogP contribution in [-0.4, -0.2) is 18.0 Å². The zero-order valence-electron chi connectivity index (χ0n) is 6.47. The summed E-state index contributed by atoms with van der Waals surface area (Å²) in [5, 5.41) is 0. The first-order valence-corrected chi connectivity index (χ1v) is 3.37. The molecule has 9 heavy (non-hydrogen) atoms. The lowest BCUT2D eigenvalue weighted by Crippen LogP contribution is -2.20. The van der Waals surface area contributed by atoms with Crippen molar-refractivity contribution in [2.75, 3.05) is 0 Å². The molecule has 1 heterocycles. The van der Waals surface area contributed by atoms with E-state index >= 15 is 0 Å². The van der Waals surface area contributed by atoms with E-state index in [9.17, 15) is 0 Å². The lowest BCUT2D eigenvalue weighted by Gasteiger charge is -2.15. The normalized spacial score (nSPS) is 41.3. The lowest BCUT2D eigenvalue weighted by molar-refractivity contribution is -0.143. The third-order valence-electron chi connectivity index (χ3n) is 1.60. The minimum Gasteiger partial charge on any atom is -0.345 e. The molecular formula is C7H14O2. The van der Waals surface area contributed by atoms with Gasteiger partial charge in [0.1, 0.15) is 0 Å². The van der Waals surface area contributed by atoms with Crippen molar-refractivity contribution in [3.8, 4) is 0 Å². The molecule has 0 aromatic carbocycles. The van der Waals surface area contributed by atoms with Crippen LogP contribution in [0.3, 0.4) is 0 Å². The third-order valence-corrected chi connectivity index (χ3v) is 1.60. The molecule has 1 aliphatic rings. The van der Waals surface area contributed by atoms with Crippen molar-refractivity contribution in [3.05, 3.63) is 0 Å². The number of hydrogen-bond donors (Lipinski definition) is 0. The van der Waals surface area contributed by atoms with E-state index in [0.717, 1.165) is 0 Å². The smallest absolute Gasteiger partial charge is 0.163 e. The molecule has 0 spiro atoms. The van der Waals surface area contributed by atoms with E-state index in [4.69, 9.17) is 9.47 Å². The molecule has 0 N–H and O–H groups in total. The summed E-state index contributed by atoms with van der Waals surface area (Å²) in [5.74, 6) is -0.362. The van der Waals surface area contributed by atoms with E-state index in [2.05, 4.69) is 0 Å². The number of rotatable bonds is 0. The van der Waals surface area contributed by atoms with Crippen LogP contribution in [-0.2, 0) is 9.47 Å². The fourth-order valence-corrected chi connectivity index (χ4v) is 1.11. The Kier molecular flexibility index (Phi) is 1.53. The summed E-state index contributed by atoms with van der Waals surface area (Å²) in [6.45, 7) is 7.93. The van der Waals surface area contributed by atoms with Crippen LogP contribution in [0.5, 0.6) is 0 Å². The highest BCUT2D eigenvalue weighted by Crippen LogP contribution is 2.26. The summed E-state index contributed by atoms with van der Waals surface area (Å²) in [6.07, 6.45) is 0.472. The van der Waals surface area contributed by atoms with Gasteiger partial charge in [0.05, 0.1) is 12.2 Å². The summed E-state index contributed by atoms with van der Waals surface area (Å²) in [6, 6.07) is 0. The summed E-state index contributed by atoms with van der Waals surface area (Å²) in [4.78, 5) is 0. The average Bonchev–Trinajstić information content (AvgIpc) is 1.79. The molecule has 0 aromatic rings. The second-order valence-electron chi connectivity index (χ2n) is 3.05. The van der Waals surface area contributed by atoms with E-state index in [1.807, 2.05) is 27.7 Å². The predicted octanol–water partition coefficient (Wildman–Crippen LogP) is 1.55. The molecule has 2 nitrogen and oxygen atoms in total. The van der Waals surface area contributed by atoms with Crippen LogP contribution >= 0.6 is 0 Å². The SMILES string of the molecule is CC1OC(C)(C)O[C@@H]1C. The molecule has 0 amide bonds. The van der Waals surface area contributed by atoms with Crippen LogP contribution in [0.15, 0.2) is 0 Å². The number of hydrogen-bond acceptors (Lipinski definition) is 2. The molecule has 0 bridgehead atoms. The van der Waals surface area contributed by atoms with Gasteiger partial charge in [0, 0.05) is 0 Å². The second-order valence-corrected chi connectivity index (χ2v) is 3.05. The van der Waals surface area contributed by atoms with Crippen LogP contribution < -0.4 is 0 Å². The van der Waals surface area contributed by atoms with Gasteiger partial charge in [-0.2, -0.15) is 0 Å². The van der Waals surface area contributed by atoms with E-state index in [-0.39, 0.29) is 18.0 Å². The fraction of sp³-hybridized carbons (Fsp3) is 1.00. The van der Waals surface area contributed by atoms with Crippen molar-refractivity contribution in [1.82, 2.24) is 0 Å². The molecule has 0 radical (unpaired) electrons. The zero-order valence-corrected chi connectivity index (χ0v) is 6.47. The Bertz CT molecular complexity index is 97.5. The molecule has 0 aromatic heterocycles. The van der Waals surface area contributed by atoms with Gasteiger partial charge in [-0.3, -0.25) is 0 Å². The molecule has 1 aliphatic heterocycles. The highest BCUT2D eigenvalue weighted by Gasteiger charge is 2.35. The standard InChI is InChI=1S/C7H14O2/c1-5-6(2)9-7(3,4)8-5/h5-6H,1-4H3/t5-,6?/m1/s1.